The van der Waals surface area contributed by atoms with Gasteiger partial charge in [-0.15, -0.1) is 0 Å². The van der Waals surface area contributed by atoms with Crippen LogP contribution in [0.5, 0.6) is 0 Å². The zero-order chi connectivity index (χ0) is 14.2. The third-order valence-electron chi connectivity index (χ3n) is 2.81. The summed E-state index contributed by atoms with van der Waals surface area (Å²) in [5.74, 6) is -0.611. The minimum absolute atomic E-state index is 0.0108. The second kappa shape index (κ2) is 5.61. The third kappa shape index (κ3) is 2.68. The van der Waals surface area contributed by atoms with Crippen LogP contribution in [0.4, 0.5) is 4.39 Å². The number of benzene rings is 1. The molecule has 102 valence electrons. The van der Waals surface area contributed by atoms with E-state index < -0.39 is 11.9 Å². The molecule has 0 bridgehead atoms. The summed E-state index contributed by atoms with van der Waals surface area (Å²) in [7, 11) is 0. The molecule has 1 atom stereocenters. The topological polar surface area (TPSA) is 38.0 Å². The SMILES string of the molecule is CC(C)n1ncc(Br)c1C(O)c1cccc(Cl)c1F. The standard InChI is InChI=1S/C13H13BrClFN2O/c1-7(2)18-12(9(14)6-17-18)13(19)8-4-3-5-10(15)11(8)16/h3-7,13,19H,1-2H3. The van der Waals surface area contributed by atoms with Crippen LogP contribution in [0.3, 0.4) is 0 Å². The van der Waals surface area contributed by atoms with Gasteiger partial charge in [0.2, 0.25) is 0 Å². The van der Waals surface area contributed by atoms with Crippen molar-refractivity contribution in [3.05, 3.63) is 51.0 Å². The first-order chi connectivity index (χ1) is 8.93. The number of hydrogen-bond donors (Lipinski definition) is 1. The fourth-order valence-electron chi connectivity index (χ4n) is 1.90. The molecule has 0 saturated carbocycles. The summed E-state index contributed by atoms with van der Waals surface area (Å²) in [6.07, 6.45) is 0.457. The largest absolute Gasteiger partial charge is 0.382 e. The van der Waals surface area contributed by atoms with Gasteiger partial charge in [-0.3, -0.25) is 4.68 Å². The Morgan fingerprint density at radius 1 is 1.42 bits per heavy atom. The second-order valence-corrected chi connectivity index (χ2v) is 5.72. The van der Waals surface area contributed by atoms with Crippen LogP contribution in [-0.2, 0) is 0 Å². The number of hydrogen-bond acceptors (Lipinski definition) is 2. The average Bonchev–Trinajstić information content (AvgIpc) is 2.74. The molecule has 3 nitrogen and oxygen atoms in total. The van der Waals surface area contributed by atoms with E-state index in [0.29, 0.717) is 10.2 Å². The van der Waals surface area contributed by atoms with E-state index in [1.54, 1.807) is 16.9 Å². The smallest absolute Gasteiger partial charge is 0.147 e. The van der Waals surface area contributed by atoms with Gasteiger partial charge in [-0.1, -0.05) is 23.7 Å². The quantitative estimate of drug-likeness (QED) is 0.907. The van der Waals surface area contributed by atoms with Crippen molar-refractivity contribution < 1.29 is 9.50 Å². The monoisotopic (exact) mass is 346 g/mol. The number of aromatic nitrogens is 2. The summed E-state index contributed by atoms with van der Waals surface area (Å²) in [5.41, 5.74) is 0.645. The molecule has 2 aromatic rings. The maximum atomic E-state index is 14.0. The maximum Gasteiger partial charge on any atom is 0.147 e. The van der Waals surface area contributed by atoms with Crippen molar-refractivity contribution in [1.82, 2.24) is 9.78 Å². The van der Waals surface area contributed by atoms with E-state index in [9.17, 15) is 9.50 Å². The normalized spacial score (nSPS) is 13.0. The first kappa shape index (κ1) is 14.5. The van der Waals surface area contributed by atoms with E-state index in [2.05, 4.69) is 21.0 Å². The Morgan fingerprint density at radius 3 is 2.74 bits per heavy atom. The molecule has 0 aliphatic rings. The summed E-state index contributed by atoms with van der Waals surface area (Å²) in [6.45, 7) is 3.87. The molecule has 1 unspecified atom stereocenters. The van der Waals surface area contributed by atoms with Crippen LogP contribution < -0.4 is 0 Å². The lowest BCUT2D eigenvalue weighted by molar-refractivity contribution is 0.199. The van der Waals surface area contributed by atoms with Crippen molar-refractivity contribution in [2.75, 3.05) is 0 Å². The van der Waals surface area contributed by atoms with E-state index in [1.165, 1.54) is 12.1 Å². The van der Waals surface area contributed by atoms with Gasteiger partial charge < -0.3 is 5.11 Å². The number of rotatable bonds is 3. The fourth-order valence-corrected chi connectivity index (χ4v) is 2.57. The molecule has 19 heavy (non-hydrogen) atoms. The predicted octanol–water partition coefficient (Wildman–Crippen LogP) is 4.10. The van der Waals surface area contributed by atoms with Gasteiger partial charge in [0.15, 0.2) is 0 Å². The zero-order valence-corrected chi connectivity index (χ0v) is 12.8. The van der Waals surface area contributed by atoms with Crippen molar-refractivity contribution >= 4 is 27.5 Å². The van der Waals surface area contributed by atoms with Crippen LogP contribution in [0.1, 0.15) is 37.3 Å². The molecule has 0 saturated heterocycles. The van der Waals surface area contributed by atoms with E-state index in [1.807, 2.05) is 13.8 Å². The molecule has 0 radical (unpaired) electrons. The number of aliphatic hydroxyl groups is 1. The highest BCUT2D eigenvalue weighted by Gasteiger charge is 2.24. The molecule has 1 aromatic heterocycles. The molecular weight excluding hydrogens is 335 g/mol. The molecule has 1 aromatic carbocycles. The Labute approximate surface area is 124 Å². The van der Waals surface area contributed by atoms with Crippen molar-refractivity contribution in [3.63, 3.8) is 0 Å². The summed E-state index contributed by atoms with van der Waals surface area (Å²) in [5, 5.41) is 14.6. The summed E-state index contributed by atoms with van der Waals surface area (Å²) >= 11 is 9.07. The van der Waals surface area contributed by atoms with Crippen molar-refractivity contribution in [3.8, 4) is 0 Å². The van der Waals surface area contributed by atoms with Crippen molar-refractivity contribution in [2.24, 2.45) is 0 Å². The van der Waals surface area contributed by atoms with Gasteiger partial charge in [-0.2, -0.15) is 5.10 Å². The Morgan fingerprint density at radius 2 is 2.11 bits per heavy atom. The van der Waals surface area contributed by atoms with E-state index in [-0.39, 0.29) is 16.6 Å². The predicted molar refractivity (Wildman–Crippen MR) is 75.8 cm³/mol. The van der Waals surface area contributed by atoms with Crippen LogP contribution in [0.25, 0.3) is 0 Å². The lowest BCUT2D eigenvalue weighted by Gasteiger charge is -2.17. The molecule has 2 rings (SSSR count). The Bertz CT molecular complexity index is 600. The molecule has 0 amide bonds. The van der Waals surface area contributed by atoms with Gasteiger partial charge in [0.1, 0.15) is 11.9 Å². The van der Waals surface area contributed by atoms with E-state index in [4.69, 9.17) is 11.6 Å². The van der Waals surface area contributed by atoms with Crippen LogP contribution in [-0.4, -0.2) is 14.9 Å². The van der Waals surface area contributed by atoms with Gasteiger partial charge >= 0.3 is 0 Å². The summed E-state index contributed by atoms with van der Waals surface area (Å²) in [6, 6.07) is 4.62. The zero-order valence-electron chi connectivity index (χ0n) is 10.4. The second-order valence-electron chi connectivity index (χ2n) is 4.46. The molecule has 6 heteroatoms. The third-order valence-corrected chi connectivity index (χ3v) is 3.71. The van der Waals surface area contributed by atoms with Gasteiger partial charge in [0.25, 0.3) is 0 Å². The van der Waals surface area contributed by atoms with Gasteiger partial charge in [0.05, 0.1) is 21.4 Å². The fraction of sp³-hybridized carbons (Fsp3) is 0.308. The van der Waals surface area contributed by atoms with Crippen LogP contribution in [0.2, 0.25) is 5.02 Å². The van der Waals surface area contributed by atoms with Gasteiger partial charge in [0, 0.05) is 11.6 Å². The minimum Gasteiger partial charge on any atom is -0.382 e. The Hall–Kier alpha value is -0.910. The average molecular weight is 348 g/mol. The van der Waals surface area contributed by atoms with Crippen molar-refractivity contribution in [1.29, 1.82) is 0 Å². The molecule has 1 heterocycles. The van der Waals surface area contributed by atoms with Crippen molar-refractivity contribution in [2.45, 2.75) is 26.0 Å². The number of nitrogens with zero attached hydrogens (tertiary/aromatic N) is 2. The molecule has 1 N–H and O–H groups in total. The summed E-state index contributed by atoms with van der Waals surface area (Å²) < 4.78 is 16.3. The molecular formula is C13H13BrClFN2O. The molecule has 0 spiro atoms. The van der Waals surface area contributed by atoms with Crippen LogP contribution in [0, 0.1) is 5.82 Å². The summed E-state index contributed by atoms with van der Waals surface area (Å²) in [4.78, 5) is 0. The number of aliphatic hydroxyl groups excluding tert-OH is 1. The molecule has 0 fully saturated rings. The van der Waals surface area contributed by atoms with Crippen LogP contribution in [0.15, 0.2) is 28.9 Å². The highest BCUT2D eigenvalue weighted by molar-refractivity contribution is 9.10. The molecule has 0 aliphatic carbocycles. The van der Waals surface area contributed by atoms with Gasteiger partial charge in [-0.05, 0) is 35.8 Å². The molecule has 0 aliphatic heterocycles. The lowest BCUT2D eigenvalue weighted by Crippen LogP contribution is -2.13. The van der Waals surface area contributed by atoms with Crippen LogP contribution >= 0.6 is 27.5 Å². The maximum absolute atomic E-state index is 14.0. The first-order valence-electron chi connectivity index (χ1n) is 5.78. The first-order valence-corrected chi connectivity index (χ1v) is 6.95. The Balaban J connectivity index is 2.53. The highest BCUT2D eigenvalue weighted by Crippen LogP contribution is 2.33. The lowest BCUT2D eigenvalue weighted by atomic mass is 10.1. The number of halogens is 3. The van der Waals surface area contributed by atoms with E-state index in [0.717, 1.165) is 0 Å². The van der Waals surface area contributed by atoms with E-state index >= 15 is 0 Å². The minimum atomic E-state index is -1.13. The highest BCUT2D eigenvalue weighted by atomic mass is 79.9. The Kier molecular flexibility index (Phi) is 4.28. The van der Waals surface area contributed by atoms with Gasteiger partial charge in [-0.25, -0.2) is 4.39 Å².